The Bertz CT molecular complexity index is 1590. The number of hydrogen-bond acceptors (Lipinski definition) is 6. The highest BCUT2D eigenvalue weighted by molar-refractivity contribution is 5.95. The van der Waals surface area contributed by atoms with Gasteiger partial charge in [-0.2, -0.15) is 0 Å². The van der Waals surface area contributed by atoms with Crippen molar-refractivity contribution in [1.29, 1.82) is 0 Å². The van der Waals surface area contributed by atoms with Crippen molar-refractivity contribution in [3.05, 3.63) is 96.8 Å². The third-order valence-electron chi connectivity index (χ3n) is 7.31. The lowest BCUT2D eigenvalue weighted by Crippen LogP contribution is -2.19. The summed E-state index contributed by atoms with van der Waals surface area (Å²) in [6.07, 6.45) is 4.30. The van der Waals surface area contributed by atoms with Crippen molar-refractivity contribution in [2.75, 3.05) is 25.5 Å². The lowest BCUT2D eigenvalue weighted by atomic mass is 9.98. The molecule has 6 nitrogen and oxygen atoms in total. The number of nitrogens with one attached hydrogen (secondary N) is 1. The molecule has 1 aromatic heterocycles. The van der Waals surface area contributed by atoms with Crippen LogP contribution in [-0.2, 0) is 11.2 Å². The zero-order valence-electron chi connectivity index (χ0n) is 21.3. The number of carbonyl (C=O) groups is 1. The molecule has 1 saturated carbocycles. The van der Waals surface area contributed by atoms with Crippen LogP contribution in [0.15, 0.2) is 85.7 Å². The molecule has 1 N–H and O–H groups in total. The van der Waals surface area contributed by atoms with Gasteiger partial charge in [0, 0.05) is 41.6 Å². The van der Waals surface area contributed by atoms with Gasteiger partial charge < -0.3 is 15.0 Å². The van der Waals surface area contributed by atoms with Crippen molar-refractivity contribution in [3.63, 3.8) is 0 Å². The molecule has 1 aliphatic carbocycles. The summed E-state index contributed by atoms with van der Waals surface area (Å²) in [6.45, 7) is 5.76. The first-order valence-corrected chi connectivity index (χ1v) is 12.8. The van der Waals surface area contributed by atoms with E-state index in [1.54, 1.807) is 6.33 Å². The number of ketones is 1. The minimum Gasteiger partial charge on any atom is -0.457 e. The Labute approximate surface area is 222 Å². The van der Waals surface area contributed by atoms with Gasteiger partial charge in [0.25, 0.3) is 0 Å². The summed E-state index contributed by atoms with van der Waals surface area (Å²) in [4.78, 5) is 23.7. The number of piperidine rings is 1. The maximum Gasteiger partial charge on any atom is 0.159 e. The van der Waals surface area contributed by atoms with Crippen molar-refractivity contribution in [3.8, 4) is 23.3 Å². The number of para-hydroxylation sites is 1. The van der Waals surface area contributed by atoms with Crippen LogP contribution in [0.2, 0.25) is 0 Å². The summed E-state index contributed by atoms with van der Waals surface area (Å²) in [5, 5.41) is 4.22. The maximum absolute atomic E-state index is 12.4. The van der Waals surface area contributed by atoms with Gasteiger partial charge in [-0.1, -0.05) is 36.6 Å². The molecule has 38 heavy (non-hydrogen) atoms. The van der Waals surface area contributed by atoms with Crippen LogP contribution in [0.25, 0.3) is 10.9 Å². The first-order valence-electron chi connectivity index (χ1n) is 12.8. The SMILES string of the molecule is C=CC(=O)Cc1cc2c(Nc3ccc(Oc4ccccc4)cc3)ncnc2cc1C#C[C@]12C[C@H]1CN(C)C2. The van der Waals surface area contributed by atoms with E-state index >= 15 is 0 Å². The van der Waals surface area contributed by atoms with Crippen molar-refractivity contribution in [1.82, 2.24) is 14.9 Å². The van der Waals surface area contributed by atoms with Crippen LogP contribution in [-0.4, -0.2) is 40.8 Å². The smallest absolute Gasteiger partial charge is 0.159 e. The second-order valence-electron chi connectivity index (χ2n) is 10.2. The maximum atomic E-state index is 12.4. The van der Waals surface area contributed by atoms with Crippen molar-refractivity contribution >= 4 is 28.2 Å². The fourth-order valence-corrected chi connectivity index (χ4v) is 5.26. The number of anilines is 2. The summed E-state index contributed by atoms with van der Waals surface area (Å²) < 4.78 is 5.90. The van der Waals surface area contributed by atoms with Crippen LogP contribution < -0.4 is 10.1 Å². The minimum absolute atomic E-state index is 0.0455. The molecule has 3 aromatic carbocycles. The van der Waals surface area contributed by atoms with Crippen LogP contribution in [0.3, 0.4) is 0 Å². The number of hydrogen-bond donors (Lipinski definition) is 1. The molecule has 6 heteroatoms. The molecule has 2 fully saturated rings. The number of fused-ring (bicyclic) bond motifs is 2. The number of ether oxygens (including phenoxy) is 1. The fraction of sp³-hybridized carbons (Fsp3) is 0.219. The van der Waals surface area contributed by atoms with Gasteiger partial charge in [-0.3, -0.25) is 4.79 Å². The Morgan fingerprint density at radius 1 is 1.16 bits per heavy atom. The lowest BCUT2D eigenvalue weighted by molar-refractivity contribution is -0.114. The van der Waals surface area contributed by atoms with E-state index in [1.165, 1.54) is 6.08 Å². The van der Waals surface area contributed by atoms with Gasteiger partial charge in [0.2, 0.25) is 0 Å². The van der Waals surface area contributed by atoms with Gasteiger partial charge in [-0.05, 0) is 79.6 Å². The molecule has 1 saturated heterocycles. The predicted molar refractivity (Wildman–Crippen MR) is 150 cm³/mol. The van der Waals surface area contributed by atoms with E-state index in [4.69, 9.17) is 4.74 Å². The Balaban J connectivity index is 1.29. The average molecular weight is 501 g/mol. The molecule has 2 aliphatic rings. The van der Waals surface area contributed by atoms with E-state index in [0.29, 0.717) is 11.7 Å². The minimum atomic E-state index is -0.0455. The van der Waals surface area contributed by atoms with Crippen LogP contribution >= 0.6 is 0 Å². The molecule has 0 amide bonds. The zero-order valence-corrected chi connectivity index (χ0v) is 21.3. The van der Waals surface area contributed by atoms with Crippen LogP contribution in [0.1, 0.15) is 17.5 Å². The van der Waals surface area contributed by atoms with Gasteiger partial charge in [-0.25, -0.2) is 9.97 Å². The number of benzene rings is 3. The normalized spacial score (nSPS) is 19.8. The van der Waals surface area contributed by atoms with E-state index in [2.05, 4.69) is 45.7 Å². The number of allylic oxidation sites excluding steroid dienone is 1. The van der Waals surface area contributed by atoms with Gasteiger partial charge in [-0.15, -0.1) is 0 Å². The zero-order chi connectivity index (χ0) is 26.1. The molecule has 2 heterocycles. The number of likely N-dealkylation sites (tertiary alicyclic amines) is 1. The van der Waals surface area contributed by atoms with E-state index in [0.717, 1.165) is 58.7 Å². The van der Waals surface area contributed by atoms with Crippen LogP contribution in [0, 0.1) is 23.2 Å². The first-order chi connectivity index (χ1) is 18.5. The number of nitrogens with zero attached hydrogens (tertiary/aromatic N) is 3. The second kappa shape index (κ2) is 9.77. The molecule has 188 valence electrons. The first kappa shape index (κ1) is 23.9. The van der Waals surface area contributed by atoms with Gasteiger partial charge in [0.15, 0.2) is 5.78 Å². The topological polar surface area (TPSA) is 67.3 Å². The summed E-state index contributed by atoms with van der Waals surface area (Å²) in [5.74, 6) is 9.77. The Morgan fingerprint density at radius 2 is 1.95 bits per heavy atom. The van der Waals surface area contributed by atoms with E-state index < -0.39 is 0 Å². The summed E-state index contributed by atoms with van der Waals surface area (Å²) in [6, 6.07) is 21.3. The van der Waals surface area contributed by atoms with Crippen molar-refractivity contribution < 1.29 is 9.53 Å². The Morgan fingerprint density at radius 3 is 2.68 bits per heavy atom. The molecule has 0 bridgehead atoms. The predicted octanol–water partition coefficient (Wildman–Crippen LogP) is 5.77. The van der Waals surface area contributed by atoms with Crippen molar-refractivity contribution in [2.24, 2.45) is 11.3 Å². The highest BCUT2D eigenvalue weighted by atomic mass is 16.5. The van der Waals surface area contributed by atoms with Crippen molar-refractivity contribution in [2.45, 2.75) is 12.8 Å². The molecule has 2 atom stereocenters. The highest BCUT2D eigenvalue weighted by Gasteiger charge is 2.58. The largest absolute Gasteiger partial charge is 0.457 e. The summed E-state index contributed by atoms with van der Waals surface area (Å²) >= 11 is 0. The standard InChI is InChI=1S/C32H28N4O2/c1-3-26(37)15-23-16-29-30(17-22(23)13-14-32-18-24(32)19-36(2)20-32)33-21-34-31(29)35-25-9-11-28(12-10-25)38-27-7-5-4-6-8-27/h3-12,16-17,21,24H,1,15,18-20H2,2H3,(H,33,34,35)/t24-,32+/m0/s1. The van der Waals surface area contributed by atoms with Gasteiger partial charge in [0.05, 0.1) is 5.52 Å². The number of rotatable bonds is 7. The molecular formula is C32H28N4O2. The number of carbonyl (C=O) groups excluding carboxylic acids is 1. The number of aromatic nitrogens is 2. The van der Waals surface area contributed by atoms with Gasteiger partial charge >= 0.3 is 0 Å². The third-order valence-corrected chi connectivity index (χ3v) is 7.31. The second-order valence-corrected chi connectivity index (χ2v) is 10.2. The fourth-order valence-electron chi connectivity index (χ4n) is 5.26. The monoisotopic (exact) mass is 500 g/mol. The van der Waals surface area contributed by atoms with Crippen LogP contribution in [0.5, 0.6) is 11.5 Å². The summed E-state index contributed by atoms with van der Waals surface area (Å²) in [5.41, 5.74) is 3.44. The van der Waals surface area contributed by atoms with E-state index in [1.807, 2.05) is 66.7 Å². The molecule has 0 spiro atoms. The van der Waals surface area contributed by atoms with Crippen LogP contribution in [0.4, 0.5) is 11.5 Å². The Kier molecular flexibility index (Phi) is 6.15. The molecule has 4 aromatic rings. The molecule has 0 unspecified atom stereocenters. The molecule has 1 aliphatic heterocycles. The van der Waals surface area contributed by atoms with Gasteiger partial charge in [0.1, 0.15) is 23.6 Å². The Hall–Kier alpha value is -4.47. The molecular weight excluding hydrogens is 472 g/mol. The molecule has 0 radical (unpaired) electrons. The lowest BCUT2D eigenvalue weighted by Gasteiger charge is -2.12. The molecule has 6 rings (SSSR count). The third kappa shape index (κ3) is 4.89. The quantitative estimate of drug-likeness (QED) is 0.257. The van der Waals surface area contributed by atoms with E-state index in [-0.39, 0.29) is 17.6 Å². The summed E-state index contributed by atoms with van der Waals surface area (Å²) in [7, 11) is 2.15. The average Bonchev–Trinajstić information content (AvgIpc) is 3.49. The highest BCUT2D eigenvalue weighted by Crippen LogP contribution is 2.56. The van der Waals surface area contributed by atoms with E-state index in [9.17, 15) is 4.79 Å².